The molecule has 4 N–H and O–H groups in total. The fourth-order valence-electron chi connectivity index (χ4n) is 2.84. The molecule has 0 spiro atoms. The molecule has 0 saturated heterocycles. The first kappa shape index (κ1) is 24.2. The lowest BCUT2D eigenvalue weighted by Gasteiger charge is -2.20. The highest BCUT2D eigenvalue weighted by atomic mass is 32.2. The van der Waals surface area contributed by atoms with E-state index in [0.717, 1.165) is 11.1 Å². The molecule has 0 fully saturated rings. The topological polar surface area (TPSA) is 161 Å². The number of benzene rings is 2. The van der Waals surface area contributed by atoms with Crippen LogP contribution in [0.25, 0.3) is 0 Å². The third kappa shape index (κ3) is 5.52. The van der Waals surface area contributed by atoms with Gasteiger partial charge in [0, 0.05) is 0 Å². The molecule has 0 bridgehead atoms. The molecule has 0 heterocycles. The predicted octanol–water partition coefficient (Wildman–Crippen LogP) is 1.75. The van der Waals surface area contributed by atoms with Crippen LogP contribution in [0.15, 0.2) is 48.5 Å². The highest BCUT2D eigenvalue weighted by Crippen LogP contribution is 2.23. The largest absolute Gasteiger partial charge is 0.350 e. The second-order valence-corrected chi connectivity index (χ2v) is 10.7. The van der Waals surface area contributed by atoms with Gasteiger partial charge in [0.05, 0.1) is 22.9 Å². The highest BCUT2D eigenvalue weighted by Gasteiger charge is 2.26. The van der Waals surface area contributed by atoms with Gasteiger partial charge in [-0.25, -0.2) is 26.4 Å². The summed E-state index contributed by atoms with van der Waals surface area (Å²) in [5, 5.41) is 0. The standard InChI is InChI=1S/C19H24N4O6S2/c1-3-30(26,27)22(18(20)24)16-9-5-14(6-10-16)13-15-7-11-17(12-8-15)23(19(21)25)31(28,29)4-2/h5-12H,3-4,13H2,1-2H3,(H2,20,24)(H2,21,25). The minimum Gasteiger partial charge on any atom is -0.350 e. The fraction of sp³-hybridized carbons (Fsp3) is 0.263. The molecule has 0 saturated carbocycles. The average Bonchev–Trinajstić information content (AvgIpc) is 2.70. The summed E-state index contributed by atoms with van der Waals surface area (Å²) in [4.78, 5) is 23.2. The summed E-state index contributed by atoms with van der Waals surface area (Å²) in [6.45, 7) is 2.82. The monoisotopic (exact) mass is 468 g/mol. The van der Waals surface area contributed by atoms with Crippen molar-refractivity contribution in [2.75, 3.05) is 20.1 Å². The zero-order chi connectivity index (χ0) is 23.4. The van der Waals surface area contributed by atoms with E-state index in [0.29, 0.717) is 15.0 Å². The number of rotatable bonds is 8. The average molecular weight is 469 g/mol. The van der Waals surface area contributed by atoms with Gasteiger partial charge in [0.25, 0.3) is 0 Å². The van der Waals surface area contributed by atoms with Gasteiger partial charge < -0.3 is 11.5 Å². The number of carbonyl (C=O) groups excluding carboxylic acids is 2. The number of hydrogen-bond donors (Lipinski definition) is 2. The quantitative estimate of drug-likeness (QED) is 0.600. The van der Waals surface area contributed by atoms with Crippen LogP contribution >= 0.6 is 0 Å². The zero-order valence-electron chi connectivity index (χ0n) is 17.1. The van der Waals surface area contributed by atoms with Crippen LogP contribution in [-0.2, 0) is 26.5 Å². The molecule has 0 unspecified atom stereocenters. The molecule has 0 aliphatic rings. The maximum absolute atomic E-state index is 12.1. The van der Waals surface area contributed by atoms with Crippen LogP contribution < -0.4 is 20.1 Å². The Morgan fingerprint density at radius 2 is 0.968 bits per heavy atom. The number of primary amides is 2. The third-order valence-corrected chi connectivity index (χ3v) is 7.79. The number of anilines is 2. The maximum Gasteiger partial charge on any atom is 0.333 e. The van der Waals surface area contributed by atoms with Gasteiger partial charge in [-0.2, -0.15) is 8.61 Å². The van der Waals surface area contributed by atoms with Gasteiger partial charge in [0.15, 0.2) is 0 Å². The van der Waals surface area contributed by atoms with E-state index in [9.17, 15) is 26.4 Å². The number of sulfonamides is 2. The Labute approximate surface area is 181 Å². The molecule has 168 valence electrons. The van der Waals surface area contributed by atoms with Crippen LogP contribution in [0.5, 0.6) is 0 Å². The highest BCUT2D eigenvalue weighted by molar-refractivity contribution is 7.93. The smallest absolute Gasteiger partial charge is 0.333 e. The number of nitrogens with two attached hydrogens (primary N) is 2. The summed E-state index contributed by atoms with van der Waals surface area (Å²) in [6.07, 6.45) is 0.439. The summed E-state index contributed by atoms with van der Waals surface area (Å²) in [5.41, 5.74) is 12.3. The van der Waals surface area contributed by atoms with Crippen LogP contribution in [0.1, 0.15) is 25.0 Å². The first-order valence-electron chi connectivity index (χ1n) is 9.25. The molecular formula is C19H24N4O6S2. The summed E-state index contributed by atoms with van der Waals surface area (Å²) >= 11 is 0. The van der Waals surface area contributed by atoms with E-state index in [4.69, 9.17) is 11.5 Å². The predicted molar refractivity (Wildman–Crippen MR) is 119 cm³/mol. The molecule has 0 aromatic heterocycles. The van der Waals surface area contributed by atoms with Crippen molar-refractivity contribution < 1.29 is 26.4 Å². The summed E-state index contributed by atoms with van der Waals surface area (Å²) in [6, 6.07) is 10.3. The number of amides is 4. The first-order chi connectivity index (χ1) is 14.4. The van der Waals surface area contributed by atoms with Crippen LogP contribution in [0, 0.1) is 0 Å². The number of nitrogens with zero attached hydrogens (tertiary/aromatic N) is 2. The van der Waals surface area contributed by atoms with Crippen LogP contribution in [0.4, 0.5) is 21.0 Å². The van der Waals surface area contributed by atoms with Crippen molar-refractivity contribution in [3.63, 3.8) is 0 Å². The zero-order valence-corrected chi connectivity index (χ0v) is 18.7. The van der Waals surface area contributed by atoms with E-state index in [1.165, 1.54) is 38.1 Å². The van der Waals surface area contributed by atoms with Crippen molar-refractivity contribution in [2.45, 2.75) is 20.3 Å². The fourth-order valence-corrected chi connectivity index (χ4v) is 4.79. The van der Waals surface area contributed by atoms with Crippen molar-refractivity contribution in [1.29, 1.82) is 0 Å². The Morgan fingerprint density at radius 1 is 0.677 bits per heavy atom. The lowest BCUT2D eigenvalue weighted by Crippen LogP contribution is -2.41. The van der Waals surface area contributed by atoms with Gasteiger partial charge in [-0.1, -0.05) is 24.3 Å². The summed E-state index contributed by atoms with van der Waals surface area (Å²) < 4.78 is 49.5. The van der Waals surface area contributed by atoms with Gasteiger partial charge in [0.1, 0.15) is 0 Å². The van der Waals surface area contributed by atoms with Gasteiger partial charge in [-0.05, 0) is 55.7 Å². The molecule has 2 aromatic carbocycles. The second kappa shape index (κ2) is 9.35. The minimum atomic E-state index is -3.85. The van der Waals surface area contributed by atoms with E-state index < -0.39 is 32.1 Å². The van der Waals surface area contributed by atoms with Crippen molar-refractivity contribution in [2.24, 2.45) is 11.5 Å². The number of hydrogen-bond acceptors (Lipinski definition) is 6. The summed E-state index contributed by atoms with van der Waals surface area (Å²) in [7, 11) is -7.70. The van der Waals surface area contributed by atoms with Crippen molar-refractivity contribution in [3.05, 3.63) is 59.7 Å². The Kier molecular flexibility index (Phi) is 7.28. The molecule has 0 aliphatic carbocycles. The normalized spacial score (nSPS) is 11.7. The first-order valence-corrected chi connectivity index (χ1v) is 12.5. The molecule has 2 rings (SSSR count). The van der Waals surface area contributed by atoms with Gasteiger partial charge in [-0.3, -0.25) is 0 Å². The molecule has 0 aliphatic heterocycles. The second-order valence-electron chi connectivity index (χ2n) is 6.52. The van der Waals surface area contributed by atoms with Crippen LogP contribution in [-0.4, -0.2) is 40.4 Å². The lowest BCUT2D eigenvalue weighted by molar-refractivity contribution is 0.256. The molecule has 10 nitrogen and oxygen atoms in total. The van der Waals surface area contributed by atoms with Crippen molar-refractivity contribution >= 4 is 43.5 Å². The van der Waals surface area contributed by atoms with E-state index in [1.807, 2.05) is 0 Å². The van der Waals surface area contributed by atoms with Gasteiger partial charge >= 0.3 is 12.1 Å². The van der Waals surface area contributed by atoms with E-state index >= 15 is 0 Å². The van der Waals surface area contributed by atoms with E-state index in [2.05, 4.69) is 0 Å². The Bertz CT molecular complexity index is 1070. The minimum absolute atomic E-state index is 0.135. The van der Waals surface area contributed by atoms with Crippen molar-refractivity contribution in [1.82, 2.24) is 0 Å². The molecule has 2 aromatic rings. The van der Waals surface area contributed by atoms with Crippen LogP contribution in [0.3, 0.4) is 0 Å². The Hall–Kier alpha value is -3.12. The third-order valence-electron chi connectivity index (χ3n) is 4.44. The summed E-state index contributed by atoms with van der Waals surface area (Å²) in [5.74, 6) is -0.555. The Morgan fingerprint density at radius 3 is 1.19 bits per heavy atom. The van der Waals surface area contributed by atoms with E-state index in [-0.39, 0.29) is 22.9 Å². The van der Waals surface area contributed by atoms with Gasteiger partial charge in [-0.15, -0.1) is 0 Å². The number of urea groups is 2. The molecule has 12 heteroatoms. The molecular weight excluding hydrogens is 444 g/mol. The Balaban J connectivity index is 2.24. The molecule has 31 heavy (non-hydrogen) atoms. The van der Waals surface area contributed by atoms with Crippen LogP contribution in [0.2, 0.25) is 0 Å². The maximum atomic E-state index is 12.1. The van der Waals surface area contributed by atoms with E-state index in [1.54, 1.807) is 24.3 Å². The molecule has 4 amide bonds. The lowest BCUT2D eigenvalue weighted by atomic mass is 10.0. The SMILES string of the molecule is CCS(=O)(=O)N(C(N)=O)c1ccc(Cc2ccc(N(C(N)=O)S(=O)(=O)CC)cc2)cc1. The van der Waals surface area contributed by atoms with Gasteiger partial charge in [0.2, 0.25) is 20.0 Å². The molecule has 0 radical (unpaired) electrons. The molecule has 0 atom stereocenters. The van der Waals surface area contributed by atoms with Crippen molar-refractivity contribution in [3.8, 4) is 0 Å². The number of carbonyl (C=O) groups is 2.